The molecule has 0 amide bonds. The molecule has 0 unspecified atom stereocenters. The molecule has 0 spiro atoms. The second-order valence-corrected chi connectivity index (χ2v) is 3.84. The van der Waals surface area contributed by atoms with Crippen LogP contribution < -0.4 is 5.32 Å². The minimum atomic E-state index is -0.729. The third-order valence-electron chi connectivity index (χ3n) is 3.02. The molecule has 2 rings (SSSR count). The monoisotopic (exact) mass is 197 g/mol. The molecule has 0 saturated heterocycles. The molecule has 1 fully saturated rings. The molecule has 3 heteroatoms. The molecule has 0 bridgehead atoms. The summed E-state index contributed by atoms with van der Waals surface area (Å²) in [4.78, 5) is 0. The van der Waals surface area contributed by atoms with Gasteiger partial charge < -0.3 is 5.32 Å². The van der Waals surface area contributed by atoms with Gasteiger partial charge in [-0.1, -0.05) is 12.1 Å². The topological polar surface area (TPSA) is 12.0 Å². The predicted molar refractivity (Wildman–Crippen MR) is 51.3 cm³/mol. The Hall–Kier alpha value is -0.960. The summed E-state index contributed by atoms with van der Waals surface area (Å²) in [5.74, 6) is -0.254. The maximum atomic E-state index is 12.9. The number of nitrogens with one attached hydrogen (secondary N) is 1. The molecule has 0 radical (unpaired) electrons. The van der Waals surface area contributed by atoms with Crippen molar-refractivity contribution in [3.8, 4) is 0 Å². The number of benzene rings is 1. The van der Waals surface area contributed by atoms with Crippen molar-refractivity contribution in [2.75, 3.05) is 7.05 Å². The molecule has 1 saturated carbocycles. The van der Waals surface area contributed by atoms with Crippen LogP contribution in [-0.4, -0.2) is 13.2 Å². The zero-order valence-corrected chi connectivity index (χ0v) is 8.06. The van der Waals surface area contributed by atoms with E-state index in [-0.39, 0.29) is 11.4 Å². The normalized spacial score (nSPS) is 31.2. The van der Waals surface area contributed by atoms with E-state index in [0.717, 1.165) is 5.56 Å². The molecular weight excluding hydrogens is 184 g/mol. The van der Waals surface area contributed by atoms with E-state index >= 15 is 0 Å². The van der Waals surface area contributed by atoms with Gasteiger partial charge in [-0.15, -0.1) is 0 Å². The van der Waals surface area contributed by atoms with Crippen LogP contribution in [0, 0.1) is 5.82 Å². The summed E-state index contributed by atoms with van der Waals surface area (Å²) in [7, 11) is 1.81. The van der Waals surface area contributed by atoms with Gasteiger partial charge in [0.1, 0.15) is 12.0 Å². The van der Waals surface area contributed by atoms with Crippen molar-refractivity contribution < 1.29 is 8.78 Å². The summed E-state index contributed by atoms with van der Waals surface area (Å²) in [6.07, 6.45) is 0.233. The van der Waals surface area contributed by atoms with Gasteiger partial charge in [-0.3, -0.25) is 0 Å². The highest BCUT2D eigenvalue weighted by Crippen LogP contribution is 2.42. The number of alkyl halides is 1. The molecule has 0 aromatic heterocycles. The van der Waals surface area contributed by atoms with Gasteiger partial charge >= 0.3 is 0 Å². The Bertz CT molecular complexity index is 315. The van der Waals surface area contributed by atoms with Crippen molar-refractivity contribution >= 4 is 0 Å². The van der Waals surface area contributed by atoms with E-state index in [1.54, 1.807) is 12.1 Å². The molecule has 1 N–H and O–H groups in total. The van der Waals surface area contributed by atoms with Gasteiger partial charge in [0.15, 0.2) is 0 Å². The lowest BCUT2D eigenvalue weighted by Crippen LogP contribution is -2.52. The van der Waals surface area contributed by atoms with Gasteiger partial charge in [-0.25, -0.2) is 8.78 Å². The fourth-order valence-electron chi connectivity index (χ4n) is 2.05. The molecule has 1 aliphatic carbocycles. The molecule has 14 heavy (non-hydrogen) atoms. The van der Waals surface area contributed by atoms with Crippen molar-refractivity contribution in [2.45, 2.75) is 24.6 Å². The Labute approximate surface area is 82.1 Å². The molecule has 0 heterocycles. The van der Waals surface area contributed by atoms with Crippen molar-refractivity contribution in [1.29, 1.82) is 0 Å². The van der Waals surface area contributed by atoms with Crippen molar-refractivity contribution in [1.82, 2.24) is 5.32 Å². The molecule has 1 aromatic carbocycles. The fraction of sp³-hybridized carbons (Fsp3) is 0.455. The summed E-state index contributed by atoms with van der Waals surface area (Å²) < 4.78 is 25.5. The summed E-state index contributed by atoms with van der Waals surface area (Å²) >= 11 is 0. The van der Waals surface area contributed by atoms with Crippen LogP contribution in [0.2, 0.25) is 0 Å². The number of hydrogen-bond acceptors (Lipinski definition) is 1. The average Bonchev–Trinajstić information content (AvgIpc) is 2.14. The van der Waals surface area contributed by atoms with Crippen LogP contribution in [0.15, 0.2) is 24.3 Å². The molecule has 0 aliphatic heterocycles. The smallest absolute Gasteiger partial charge is 0.123 e. The van der Waals surface area contributed by atoms with Crippen LogP contribution in [0.5, 0.6) is 0 Å². The van der Waals surface area contributed by atoms with E-state index in [1.807, 2.05) is 7.05 Å². The third-order valence-corrected chi connectivity index (χ3v) is 3.02. The fourth-order valence-corrected chi connectivity index (χ4v) is 2.05. The highest BCUT2D eigenvalue weighted by molar-refractivity contribution is 5.28. The second kappa shape index (κ2) is 3.31. The van der Waals surface area contributed by atoms with E-state index in [1.165, 1.54) is 12.1 Å². The van der Waals surface area contributed by atoms with E-state index in [0.29, 0.717) is 12.8 Å². The van der Waals surface area contributed by atoms with Crippen molar-refractivity contribution in [2.24, 2.45) is 0 Å². The van der Waals surface area contributed by atoms with Crippen LogP contribution in [0.4, 0.5) is 8.78 Å². The number of halogens is 2. The Morgan fingerprint density at radius 3 is 2.29 bits per heavy atom. The standard InChI is InChI=1S/C11H13F2N/c1-14-11(6-10(13)7-11)8-2-4-9(12)5-3-8/h2-5,10,14H,6-7H2,1H3. The number of rotatable bonds is 2. The summed E-state index contributed by atoms with van der Waals surface area (Å²) in [5, 5.41) is 3.12. The molecule has 0 atom stereocenters. The first-order chi connectivity index (χ1) is 6.66. The zero-order valence-electron chi connectivity index (χ0n) is 8.06. The van der Waals surface area contributed by atoms with Crippen LogP contribution in [0.3, 0.4) is 0 Å². The lowest BCUT2D eigenvalue weighted by molar-refractivity contribution is 0.0717. The Morgan fingerprint density at radius 2 is 1.86 bits per heavy atom. The Morgan fingerprint density at radius 1 is 1.29 bits per heavy atom. The Balaban J connectivity index is 2.25. The van der Waals surface area contributed by atoms with Crippen LogP contribution in [0.25, 0.3) is 0 Å². The first-order valence-electron chi connectivity index (χ1n) is 4.75. The quantitative estimate of drug-likeness (QED) is 0.767. The maximum absolute atomic E-state index is 12.9. The average molecular weight is 197 g/mol. The first-order valence-corrected chi connectivity index (χ1v) is 4.75. The SMILES string of the molecule is CNC1(c2ccc(F)cc2)CC(F)C1. The van der Waals surface area contributed by atoms with Gasteiger partial charge in [0.25, 0.3) is 0 Å². The van der Waals surface area contributed by atoms with Gasteiger partial charge in [-0.2, -0.15) is 0 Å². The molecular formula is C11H13F2N. The predicted octanol–water partition coefficient (Wildman–Crippen LogP) is 2.37. The third kappa shape index (κ3) is 1.42. The molecule has 1 aliphatic rings. The van der Waals surface area contributed by atoms with E-state index in [9.17, 15) is 8.78 Å². The zero-order chi connectivity index (χ0) is 10.2. The Kier molecular flexibility index (Phi) is 2.27. The van der Waals surface area contributed by atoms with Gasteiger partial charge in [0.2, 0.25) is 0 Å². The molecule has 1 aromatic rings. The van der Waals surface area contributed by atoms with Gasteiger partial charge in [0.05, 0.1) is 0 Å². The summed E-state index contributed by atoms with van der Waals surface area (Å²) in [6, 6.07) is 6.27. The summed E-state index contributed by atoms with van der Waals surface area (Å²) in [5.41, 5.74) is 0.697. The maximum Gasteiger partial charge on any atom is 0.123 e. The highest BCUT2D eigenvalue weighted by atomic mass is 19.1. The first kappa shape index (κ1) is 9.59. The van der Waals surface area contributed by atoms with Crippen LogP contribution in [0.1, 0.15) is 18.4 Å². The van der Waals surface area contributed by atoms with Gasteiger partial charge in [0, 0.05) is 18.4 Å². The van der Waals surface area contributed by atoms with E-state index in [4.69, 9.17) is 0 Å². The van der Waals surface area contributed by atoms with E-state index < -0.39 is 6.17 Å². The highest BCUT2D eigenvalue weighted by Gasteiger charge is 2.44. The van der Waals surface area contributed by atoms with Crippen molar-refractivity contribution in [3.63, 3.8) is 0 Å². The largest absolute Gasteiger partial charge is 0.310 e. The van der Waals surface area contributed by atoms with Gasteiger partial charge in [-0.05, 0) is 24.7 Å². The summed E-state index contributed by atoms with van der Waals surface area (Å²) in [6.45, 7) is 0. The van der Waals surface area contributed by atoms with E-state index in [2.05, 4.69) is 5.32 Å². The minimum Gasteiger partial charge on any atom is -0.310 e. The minimum absolute atomic E-state index is 0.254. The van der Waals surface area contributed by atoms with Crippen molar-refractivity contribution in [3.05, 3.63) is 35.6 Å². The lowest BCUT2D eigenvalue weighted by Gasteiger charge is -2.44. The van der Waals surface area contributed by atoms with Crippen LogP contribution >= 0.6 is 0 Å². The lowest BCUT2D eigenvalue weighted by atomic mass is 9.70. The second-order valence-electron chi connectivity index (χ2n) is 3.84. The molecule has 1 nitrogen and oxygen atoms in total. The van der Waals surface area contributed by atoms with Crippen LogP contribution in [-0.2, 0) is 5.54 Å². The number of hydrogen-bond donors (Lipinski definition) is 1. The molecule has 76 valence electrons.